The van der Waals surface area contributed by atoms with Crippen molar-refractivity contribution in [3.63, 3.8) is 0 Å². The van der Waals surface area contributed by atoms with Crippen LogP contribution >= 0.6 is 39.7 Å². The predicted molar refractivity (Wildman–Crippen MR) is 116 cm³/mol. The minimum Gasteiger partial charge on any atom is -0.493 e. The molecule has 0 saturated carbocycles. The Morgan fingerprint density at radius 2 is 2.00 bits per heavy atom. The van der Waals surface area contributed by atoms with Crippen molar-refractivity contribution >= 4 is 39.7 Å². The van der Waals surface area contributed by atoms with E-state index in [0.29, 0.717) is 34.4 Å². The second kappa shape index (κ2) is 9.45. The highest BCUT2D eigenvalue weighted by atomic mass is 79.9. The van der Waals surface area contributed by atoms with Crippen molar-refractivity contribution in [2.75, 3.05) is 12.5 Å². The lowest BCUT2D eigenvalue weighted by Crippen LogP contribution is -2.18. The first kappa shape index (κ1) is 20.7. The highest BCUT2D eigenvalue weighted by Crippen LogP contribution is 2.37. The van der Waals surface area contributed by atoms with E-state index in [0.717, 1.165) is 27.8 Å². The number of aryl methyl sites for hydroxylation is 1. The van der Waals surface area contributed by atoms with Gasteiger partial charge >= 0.3 is 0 Å². The molecule has 0 radical (unpaired) electrons. The molecule has 9 heteroatoms. The standard InChI is InChI=1S/C19H20BrClN4O2S/c1-3-17-23-24-19(28)25(17)22-10-14-15(20)8-9-16(26-2)18(14)27-11-12-4-6-13(21)7-5-12/h4-9,22H,3,10-11H2,1-2H3,(H,24,28). The molecule has 0 atom stereocenters. The van der Waals surface area contributed by atoms with Crippen molar-refractivity contribution in [1.82, 2.24) is 14.9 Å². The van der Waals surface area contributed by atoms with E-state index in [1.807, 2.05) is 43.3 Å². The lowest BCUT2D eigenvalue weighted by molar-refractivity contribution is 0.281. The Labute approximate surface area is 181 Å². The molecule has 1 aromatic heterocycles. The third-order valence-corrected chi connectivity index (χ3v) is 5.42. The van der Waals surface area contributed by atoms with Gasteiger partial charge in [0.25, 0.3) is 0 Å². The highest BCUT2D eigenvalue weighted by Gasteiger charge is 2.16. The summed E-state index contributed by atoms with van der Waals surface area (Å²) in [4.78, 5) is 0. The number of nitrogens with zero attached hydrogens (tertiary/aromatic N) is 2. The summed E-state index contributed by atoms with van der Waals surface area (Å²) < 4.78 is 14.8. The van der Waals surface area contributed by atoms with Gasteiger partial charge in [0.05, 0.1) is 13.7 Å². The van der Waals surface area contributed by atoms with Crippen molar-refractivity contribution in [3.05, 3.63) is 67.6 Å². The summed E-state index contributed by atoms with van der Waals surface area (Å²) >= 11 is 14.9. The van der Waals surface area contributed by atoms with Gasteiger partial charge in [0.15, 0.2) is 17.3 Å². The van der Waals surface area contributed by atoms with Gasteiger partial charge in [-0.1, -0.05) is 46.6 Å². The molecule has 0 bridgehead atoms. The zero-order valence-electron chi connectivity index (χ0n) is 15.5. The van der Waals surface area contributed by atoms with Crippen LogP contribution in [0, 0.1) is 4.77 Å². The fraction of sp³-hybridized carbons (Fsp3) is 0.263. The summed E-state index contributed by atoms with van der Waals surface area (Å²) in [5.74, 6) is 2.14. The highest BCUT2D eigenvalue weighted by molar-refractivity contribution is 9.10. The second-order valence-corrected chi connectivity index (χ2v) is 7.62. The number of methoxy groups -OCH3 is 1. The summed E-state index contributed by atoms with van der Waals surface area (Å²) in [7, 11) is 1.62. The zero-order chi connectivity index (χ0) is 20.1. The first-order valence-electron chi connectivity index (χ1n) is 8.66. The lowest BCUT2D eigenvalue weighted by atomic mass is 10.2. The monoisotopic (exact) mass is 482 g/mol. The molecule has 148 valence electrons. The number of rotatable bonds is 8. The fourth-order valence-corrected chi connectivity index (χ4v) is 3.48. The molecule has 0 amide bonds. The number of aromatic nitrogens is 3. The molecule has 0 aliphatic rings. The van der Waals surface area contributed by atoms with E-state index in [1.165, 1.54) is 0 Å². The van der Waals surface area contributed by atoms with E-state index < -0.39 is 0 Å². The SMILES string of the molecule is CCc1n[nH]c(=S)n1NCc1c(Br)ccc(OC)c1OCc1ccc(Cl)cc1. The second-order valence-electron chi connectivity index (χ2n) is 5.94. The Morgan fingerprint density at radius 3 is 2.68 bits per heavy atom. The number of hydrogen-bond acceptors (Lipinski definition) is 5. The summed E-state index contributed by atoms with van der Waals surface area (Å²) in [6.07, 6.45) is 0.749. The Kier molecular flexibility index (Phi) is 6.98. The number of H-pyrrole nitrogens is 1. The molecule has 0 unspecified atom stereocenters. The van der Waals surface area contributed by atoms with Crippen molar-refractivity contribution in [3.8, 4) is 11.5 Å². The van der Waals surface area contributed by atoms with E-state index in [-0.39, 0.29) is 0 Å². The average molecular weight is 484 g/mol. The van der Waals surface area contributed by atoms with Crippen LogP contribution in [-0.4, -0.2) is 22.0 Å². The first-order valence-corrected chi connectivity index (χ1v) is 10.2. The summed E-state index contributed by atoms with van der Waals surface area (Å²) in [5.41, 5.74) is 5.23. The Bertz CT molecular complexity index is 1000. The van der Waals surface area contributed by atoms with Crippen molar-refractivity contribution in [1.29, 1.82) is 0 Å². The van der Waals surface area contributed by atoms with Gasteiger partial charge in [-0.05, 0) is 42.0 Å². The van der Waals surface area contributed by atoms with Gasteiger partial charge in [0.1, 0.15) is 6.61 Å². The molecule has 0 aliphatic carbocycles. The van der Waals surface area contributed by atoms with Crippen LogP contribution in [0.1, 0.15) is 23.9 Å². The van der Waals surface area contributed by atoms with Crippen molar-refractivity contribution in [2.45, 2.75) is 26.5 Å². The van der Waals surface area contributed by atoms with Crippen LogP contribution in [0.25, 0.3) is 0 Å². The van der Waals surface area contributed by atoms with Gasteiger partial charge in [-0.15, -0.1) is 0 Å². The van der Waals surface area contributed by atoms with Gasteiger partial charge in [-0.25, -0.2) is 4.68 Å². The van der Waals surface area contributed by atoms with Crippen LogP contribution in [0.3, 0.4) is 0 Å². The first-order chi connectivity index (χ1) is 13.5. The maximum absolute atomic E-state index is 6.13. The van der Waals surface area contributed by atoms with Gasteiger partial charge in [0.2, 0.25) is 4.77 Å². The molecular formula is C19H20BrClN4O2S. The van der Waals surface area contributed by atoms with E-state index >= 15 is 0 Å². The number of halogens is 2. The Balaban J connectivity index is 1.86. The number of hydrogen-bond donors (Lipinski definition) is 2. The van der Waals surface area contributed by atoms with Gasteiger partial charge in [-0.3, -0.25) is 5.10 Å². The van der Waals surface area contributed by atoms with E-state index in [2.05, 4.69) is 31.6 Å². The lowest BCUT2D eigenvalue weighted by Gasteiger charge is -2.18. The Morgan fingerprint density at radius 1 is 1.25 bits per heavy atom. The molecule has 1 heterocycles. The zero-order valence-corrected chi connectivity index (χ0v) is 18.6. The average Bonchev–Trinajstić information content (AvgIpc) is 3.06. The van der Waals surface area contributed by atoms with Crippen LogP contribution in [0.2, 0.25) is 5.02 Å². The topological polar surface area (TPSA) is 64.1 Å². The molecule has 0 saturated heterocycles. The number of benzene rings is 2. The molecule has 0 aliphatic heterocycles. The maximum Gasteiger partial charge on any atom is 0.214 e. The normalized spacial score (nSPS) is 10.7. The molecule has 0 spiro atoms. The molecule has 28 heavy (non-hydrogen) atoms. The molecule has 0 fully saturated rings. The van der Waals surface area contributed by atoms with Gasteiger partial charge in [-0.2, -0.15) is 5.10 Å². The smallest absolute Gasteiger partial charge is 0.214 e. The molecule has 6 nitrogen and oxygen atoms in total. The van der Waals surface area contributed by atoms with Gasteiger partial charge in [0, 0.05) is 21.5 Å². The molecule has 2 aromatic carbocycles. The van der Waals surface area contributed by atoms with Crippen LogP contribution in [0.5, 0.6) is 11.5 Å². The van der Waals surface area contributed by atoms with Crippen LogP contribution in [0.15, 0.2) is 40.9 Å². The van der Waals surface area contributed by atoms with Crippen LogP contribution in [0.4, 0.5) is 0 Å². The van der Waals surface area contributed by atoms with Crippen LogP contribution in [-0.2, 0) is 19.6 Å². The number of aromatic amines is 1. The van der Waals surface area contributed by atoms with Gasteiger partial charge < -0.3 is 14.9 Å². The number of ether oxygens (including phenoxy) is 2. The summed E-state index contributed by atoms with van der Waals surface area (Å²) in [5, 5.41) is 7.71. The minimum absolute atomic E-state index is 0.391. The number of nitrogens with one attached hydrogen (secondary N) is 2. The van der Waals surface area contributed by atoms with E-state index in [9.17, 15) is 0 Å². The summed E-state index contributed by atoms with van der Waals surface area (Å²) in [6, 6.07) is 11.3. The third kappa shape index (κ3) is 4.68. The molecular weight excluding hydrogens is 464 g/mol. The van der Waals surface area contributed by atoms with Crippen molar-refractivity contribution < 1.29 is 9.47 Å². The minimum atomic E-state index is 0.391. The molecule has 2 N–H and O–H groups in total. The third-order valence-electron chi connectivity index (χ3n) is 4.16. The summed E-state index contributed by atoms with van der Waals surface area (Å²) in [6.45, 7) is 2.88. The Hall–Kier alpha value is -2.03. The maximum atomic E-state index is 6.13. The largest absolute Gasteiger partial charge is 0.493 e. The van der Waals surface area contributed by atoms with E-state index in [4.69, 9.17) is 33.3 Å². The molecule has 3 aromatic rings. The van der Waals surface area contributed by atoms with E-state index in [1.54, 1.807) is 11.8 Å². The molecule has 3 rings (SSSR count). The predicted octanol–water partition coefficient (Wildman–Crippen LogP) is 5.25. The van der Waals surface area contributed by atoms with Crippen LogP contribution < -0.4 is 14.9 Å². The fourth-order valence-electron chi connectivity index (χ4n) is 2.69. The van der Waals surface area contributed by atoms with Crippen molar-refractivity contribution in [2.24, 2.45) is 0 Å². The quantitative estimate of drug-likeness (QED) is 0.428.